The number of hydrogen-bond acceptors (Lipinski definition) is 3. The molecule has 0 radical (unpaired) electrons. The second-order valence-corrected chi connectivity index (χ2v) is 3.96. The Bertz CT molecular complexity index is 233. The van der Waals surface area contributed by atoms with Crippen LogP contribution < -0.4 is 5.32 Å². The molecule has 0 aliphatic carbocycles. The van der Waals surface area contributed by atoms with Crippen molar-refractivity contribution in [1.29, 1.82) is 0 Å². The highest BCUT2D eigenvalue weighted by atomic mass is 15.2. The van der Waals surface area contributed by atoms with E-state index in [0.717, 1.165) is 12.4 Å². The van der Waals surface area contributed by atoms with Gasteiger partial charge in [0.15, 0.2) is 0 Å². The van der Waals surface area contributed by atoms with Crippen molar-refractivity contribution < 1.29 is 0 Å². The number of aromatic amines is 1. The molecular formula is C11H22N4. The molecule has 1 aromatic heterocycles. The molecule has 0 bridgehead atoms. The minimum Gasteiger partial charge on any atom is -0.308 e. The Labute approximate surface area is 91.9 Å². The predicted molar refractivity (Wildman–Crippen MR) is 61.6 cm³/mol. The third kappa shape index (κ3) is 4.93. The molecule has 0 aliphatic rings. The molecule has 1 unspecified atom stereocenters. The van der Waals surface area contributed by atoms with Crippen molar-refractivity contribution in [2.24, 2.45) is 0 Å². The average molecular weight is 210 g/mol. The number of unbranched alkanes of at least 4 members (excludes halogenated alkanes) is 4. The maximum Gasteiger partial charge on any atom is 0.141 e. The normalized spacial score (nSPS) is 12.9. The van der Waals surface area contributed by atoms with E-state index in [0.29, 0.717) is 0 Å². The lowest BCUT2D eigenvalue weighted by Gasteiger charge is -2.10. The molecule has 0 saturated heterocycles. The molecule has 1 atom stereocenters. The number of H-pyrrole nitrogens is 1. The van der Waals surface area contributed by atoms with Crippen LogP contribution in [0.4, 0.5) is 0 Å². The van der Waals surface area contributed by atoms with Gasteiger partial charge in [0, 0.05) is 0 Å². The van der Waals surface area contributed by atoms with Gasteiger partial charge in [-0.1, -0.05) is 32.6 Å². The number of nitrogens with zero attached hydrogens (tertiary/aromatic N) is 2. The van der Waals surface area contributed by atoms with Gasteiger partial charge in [-0.25, -0.2) is 4.98 Å². The molecule has 4 heteroatoms. The van der Waals surface area contributed by atoms with E-state index in [1.54, 1.807) is 6.33 Å². The minimum atomic E-state index is 0.277. The lowest BCUT2D eigenvalue weighted by atomic mass is 10.1. The summed E-state index contributed by atoms with van der Waals surface area (Å²) in [5.41, 5.74) is 0. The second-order valence-electron chi connectivity index (χ2n) is 3.96. The largest absolute Gasteiger partial charge is 0.308 e. The summed E-state index contributed by atoms with van der Waals surface area (Å²) in [6.45, 7) is 5.41. The molecule has 0 aromatic carbocycles. The highest BCUT2D eigenvalue weighted by Gasteiger charge is 2.05. The smallest absolute Gasteiger partial charge is 0.141 e. The van der Waals surface area contributed by atoms with Crippen LogP contribution in [0.3, 0.4) is 0 Å². The van der Waals surface area contributed by atoms with E-state index < -0.39 is 0 Å². The molecule has 0 amide bonds. The third-order valence-electron chi connectivity index (χ3n) is 2.57. The summed E-state index contributed by atoms with van der Waals surface area (Å²) in [5.74, 6) is 0.920. The van der Waals surface area contributed by atoms with E-state index in [9.17, 15) is 0 Å². The van der Waals surface area contributed by atoms with Gasteiger partial charge in [0.2, 0.25) is 0 Å². The molecule has 0 fully saturated rings. The van der Waals surface area contributed by atoms with Gasteiger partial charge in [-0.3, -0.25) is 5.10 Å². The summed E-state index contributed by atoms with van der Waals surface area (Å²) in [4.78, 5) is 4.12. The summed E-state index contributed by atoms with van der Waals surface area (Å²) >= 11 is 0. The molecule has 86 valence electrons. The summed E-state index contributed by atoms with van der Waals surface area (Å²) in [6.07, 6.45) is 8.14. The first-order valence-electron chi connectivity index (χ1n) is 5.93. The Morgan fingerprint density at radius 1 is 1.33 bits per heavy atom. The van der Waals surface area contributed by atoms with Gasteiger partial charge in [0.25, 0.3) is 0 Å². The molecular weight excluding hydrogens is 188 g/mol. The van der Waals surface area contributed by atoms with Crippen LogP contribution in [-0.4, -0.2) is 21.7 Å². The van der Waals surface area contributed by atoms with Crippen LogP contribution in [0.1, 0.15) is 57.8 Å². The third-order valence-corrected chi connectivity index (χ3v) is 2.57. The van der Waals surface area contributed by atoms with Gasteiger partial charge in [-0.2, -0.15) is 5.10 Å². The number of rotatable bonds is 8. The fraction of sp³-hybridized carbons (Fsp3) is 0.818. The van der Waals surface area contributed by atoms with E-state index in [1.165, 1.54) is 32.1 Å². The predicted octanol–water partition coefficient (Wildman–Crippen LogP) is 2.43. The highest BCUT2D eigenvalue weighted by molar-refractivity contribution is 4.88. The molecule has 4 nitrogen and oxygen atoms in total. The van der Waals surface area contributed by atoms with E-state index in [1.807, 2.05) is 0 Å². The molecule has 0 saturated carbocycles. The van der Waals surface area contributed by atoms with Crippen molar-refractivity contribution >= 4 is 0 Å². The van der Waals surface area contributed by atoms with Gasteiger partial charge in [-0.05, 0) is 19.9 Å². The summed E-state index contributed by atoms with van der Waals surface area (Å²) in [6, 6.07) is 0.277. The topological polar surface area (TPSA) is 53.6 Å². The van der Waals surface area contributed by atoms with Crippen molar-refractivity contribution in [3.8, 4) is 0 Å². The maximum absolute atomic E-state index is 4.12. The monoisotopic (exact) mass is 210 g/mol. The van der Waals surface area contributed by atoms with E-state index >= 15 is 0 Å². The van der Waals surface area contributed by atoms with Crippen LogP contribution in [-0.2, 0) is 0 Å². The number of hydrogen-bond donors (Lipinski definition) is 2. The Balaban J connectivity index is 2.00. The molecule has 1 heterocycles. The Morgan fingerprint density at radius 3 is 2.80 bits per heavy atom. The average Bonchev–Trinajstić information content (AvgIpc) is 2.76. The van der Waals surface area contributed by atoms with E-state index in [4.69, 9.17) is 0 Å². The van der Waals surface area contributed by atoms with E-state index in [-0.39, 0.29) is 6.04 Å². The van der Waals surface area contributed by atoms with Crippen LogP contribution in [0.2, 0.25) is 0 Å². The standard InChI is InChI=1S/C11H22N4/c1-3-4-5-6-7-8-12-10(2)11-13-9-14-15-11/h9-10,12H,3-8H2,1-2H3,(H,13,14,15). The number of aromatic nitrogens is 3. The van der Waals surface area contributed by atoms with Gasteiger partial charge >= 0.3 is 0 Å². The Hall–Kier alpha value is -0.900. The number of nitrogens with one attached hydrogen (secondary N) is 2. The SMILES string of the molecule is CCCCCCCNC(C)c1ncn[nH]1. The van der Waals surface area contributed by atoms with E-state index in [2.05, 4.69) is 34.3 Å². The maximum atomic E-state index is 4.12. The summed E-state index contributed by atoms with van der Waals surface area (Å²) in [7, 11) is 0. The van der Waals surface area contributed by atoms with Crippen LogP contribution in [0, 0.1) is 0 Å². The second kappa shape index (κ2) is 7.40. The van der Waals surface area contributed by atoms with Crippen molar-refractivity contribution in [1.82, 2.24) is 20.5 Å². The first kappa shape index (κ1) is 12.2. The quantitative estimate of drug-likeness (QED) is 0.648. The lowest BCUT2D eigenvalue weighted by Crippen LogP contribution is -2.20. The Kier molecular flexibility index (Phi) is 6.00. The summed E-state index contributed by atoms with van der Waals surface area (Å²) < 4.78 is 0. The lowest BCUT2D eigenvalue weighted by molar-refractivity contribution is 0.515. The zero-order chi connectivity index (χ0) is 10.9. The summed E-state index contributed by atoms with van der Waals surface area (Å²) in [5, 5.41) is 10.1. The molecule has 1 rings (SSSR count). The zero-order valence-corrected chi connectivity index (χ0v) is 9.79. The highest BCUT2D eigenvalue weighted by Crippen LogP contribution is 2.05. The Morgan fingerprint density at radius 2 is 2.13 bits per heavy atom. The molecule has 0 spiro atoms. The molecule has 0 aliphatic heterocycles. The first-order chi connectivity index (χ1) is 7.34. The van der Waals surface area contributed by atoms with Gasteiger partial charge in [0.05, 0.1) is 6.04 Å². The molecule has 15 heavy (non-hydrogen) atoms. The van der Waals surface area contributed by atoms with Crippen LogP contribution >= 0.6 is 0 Å². The van der Waals surface area contributed by atoms with Crippen molar-refractivity contribution in [2.45, 2.75) is 52.0 Å². The van der Waals surface area contributed by atoms with Crippen LogP contribution in [0.15, 0.2) is 6.33 Å². The van der Waals surface area contributed by atoms with Crippen molar-refractivity contribution in [3.05, 3.63) is 12.2 Å². The fourth-order valence-corrected chi connectivity index (χ4v) is 1.57. The molecule has 2 N–H and O–H groups in total. The van der Waals surface area contributed by atoms with Crippen molar-refractivity contribution in [2.75, 3.05) is 6.54 Å². The fourth-order valence-electron chi connectivity index (χ4n) is 1.57. The zero-order valence-electron chi connectivity index (χ0n) is 9.79. The van der Waals surface area contributed by atoms with Crippen molar-refractivity contribution in [3.63, 3.8) is 0 Å². The van der Waals surface area contributed by atoms with Gasteiger partial charge < -0.3 is 5.32 Å². The van der Waals surface area contributed by atoms with Crippen LogP contribution in [0.25, 0.3) is 0 Å². The van der Waals surface area contributed by atoms with Gasteiger partial charge in [-0.15, -0.1) is 0 Å². The first-order valence-corrected chi connectivity index (χ1v) is 5.93. The van der Waals surface area contributed by atoms with Crippen LogP contribution in [0.5, 0.6) is 0 Å². The van der Waals surface area contributed by atoms with Gasteiger partial charge in [0.1, 0.15) is 12.2 Å². The molecule has 1 aromatic rings. The minimum absolute atomic E-state index is 0.277.